The van der Waals surface area contributed by atoms with Gasteiger partial charge in [0.25, 0.3) is 0 Å². The number of fused-ring (bicyclic) bond motifs is 3. The standard InChI is InChI=1S/C68H79N/c1-68(57-37-31-50(32-38-57)48-19-7-2-8-20-48)65-30-18-17-29-61(65)62-44-43-60(47-66(62)68)69(58-39-33-51(34-40-58)49-21-9-3-10-22-49)59-41-35-52(36-42-59)56-45-63(53-23-11-4-12-24-53)67(55-27-15-6-16-28-55)64(46-56)54-25-13-5-14-26-54/h17-18,29-49,53-55H,2-16,19-28H2,1H3. The van der Waals surface area contributed by atoms with Gasteiger partial charge in [0.1, 0.15) is 0 Å². The van der Waals surface area contributed by atoms with Crippen molar-refractivity contribution in [1.82, 2.24) is 0 Å². The van der Waals surface area contributed by atoms with E-state index >= 15 is 0 Å². The van der Waals surface area contributed by atoms with Crippen molar-refractivity contribution in [3.8, 4) is 22.3 Å². The van der Waals surface area contributed by atoms with E-state index in [1.54, 1.807) is 11.1 Å². The van der Waals surface area contributed by atoms with Gasteiger partial charge >= 0.3 is 0 Å². The Labute approximate surface area is 416 Å². The van der Waals surface area contributed by atoms with E-state index in [0.29, 0.717) is 11.8 Å². The van der Waals surface area contributed by atoms with Gasteiger partial charge in [-0.05, 0) is 204 Å². The summed E-state index contributed by atoms with van der Waals surface area (Å²) >= 11 is 0. The third-order valence-electron chi connectivity index (χ3n) is 19.2. The maximum Gasteiger partial charge on any atom is 0.0465 e. The number of anilines is 3. The second-order valence-electron chi connectivity index (χ2n) is 23.2. The summed E-state index contributed by atoms with van der Waals surface area (Å²) in [6.07, 6.45) is 34.5. The van der Waals surface area contributed by atoms with Crippen LogP contribution in [0.1, 0.15) is 242 Å². The van der Waals surface area contributed by atoms with Gasteiger partial charge in [0, 0.05) is 22.5 Å². The fraction of sp³-hybridized carbons (Fsp3) is 0.471. The molecule has 0 N–H and O–H groups in total. The molecule has 0 radical (unpaired) electrons. The van der Waals surface area contributed by atoms with Crippen molar-refractivity contribution in [3.63, 3.8) is 0 Å². The second kappa shape index (κ2) is 20.1. The quantitative estimate of drug-likeness (QED) is 0.132. The normalized spacial score (nSPS) is 22.0. The Kier molecular flexibility index (Phi) is 13.2. The molecule has 69 heavy (non-hydrogen) atoms. The highest BCUT2D eigenvalue weighted by Crippen LogP contribution is 2.55. The van der Waals surface area contributed by atoms with Crippen LogP contribution in [-0.4, -0.2) is 0 Å². The van der Waals surface area contributed by atoms with Gasteiger partial charge in [0.15, 0.2) is 0 Å². The minimum atomic E-state index is -0.261. The molecule has 5 saturated carbocycles. The Hall–Kier alpha value is -4.88. The zero-order valence-corrected chi connectivity index (χ0v) is 42.1. The average molecular weight is 910 g/mol. The van der Waals surface area contributed by atoms with Crippen molar-refractivity contribution < 1.29 is 0 Å². The lowest BCUT2D eigenvalue weighted by Crippen LogP contribution is -2.23. The zero-order valence-electron chi connectivity index (χ0n) is 42.1. The first-order valence-corrected chi connectivity index (χ1v) is 28.6. The van der Waals surface area contributed by atoms with Crippen LogP contribution in [0.25, 0.3) is 22.3 Å². The van der Waals surface area contributed by atoms with Gasteiger partial charge in [-0.15, -0.1) is 0 Å². The van der Waals surface area contributed by atoms with E-state index in [1.165, 1.54) is 228 Å². The first-order valence-electron chi connectivity index (χ1n) is 28.6. The van der Waals surface area contributed by atoms with Crippen LogP contribution in [0, 0.1) is 0 Å². The van der Waals surface area contributed by atoms with E-state index in [2.05, 4.69) is 139 Å². The van der Waals surface area contributed by atoms with E-state index in [1.807, 2.05) is 5.56 Å². The summed E-state index contributed by atoms with van der Waals surface area (Å²) in [5.74, 6) is 3.58. The van der Waals surface area contributed by atoms with Crippen molar-refractivity contribution in [2.75, 3.05) is 4.90 Å². The van der Waals surface area contributed by atoms with Gasteiger partial charge in [-0.3, -0.25) is 0 Å². The minimum absolute atomic E-state index is 0.261. The molecule has 0 bridgehead atoms. The highest BCUT2D eigenvalue weighted by molar-refractivity contribution is 5.87. The SMILES string of the molecule is CC1(c2ccc(C3CCCCC3)cc2)c2ccccc2-c2ccc(N(c3ccc(-c4cc(C5CCCCC5)c(C5CCCCC5)c(C5CCCCC5)c4)cc3)c3ccc(C4CCCCC4)cc3)cc21. The fourth-order valence-corrected chi connectivity index (χ4v) is 15.3. The lowest BCUT2D eigenvalue weighted by Gasteiger charge is -2.35. The van der Waals surface area contributed by atoms with Crippen LogP contribution in [-0.2, 0) is 5.41 Å². The first kappa shape index (κ1) is 45.3. The summed E-state index contributed by atoms with van der Waals surface area (Å²) in [5.41, 5.74) is 21.7. The van der Waals surface area contributed by atoms with Gasteiger partial charge < -0.3 is 4.90 Å². The maximum atomic E-state index is 2.73. The Balaban J connectivity index is 0.953. The van der Waals surface area contributed by atoms with Crippen LogP contribution in [0.5, 0.6) is 0 Å². The molecule has 12 rings (SSSR count). The monoisotopic (exact) mass is 910 g/mol. The Morgan fingerprint density at radius 3 is 1.29 bits per heavy atom. The number of nitrogens with zero attached hydrogens (tertiary/aromatic N) is 1. The molecular formula is C68H79N. The lowest BCUT2D eigenvalue weighted by atomic mass is 9.70. The van der Waals surface area contributed by atoms with Gasteiger partial charge in [0.2, 0.25) is 0 Å². The summed E-state index contributed by atoms with van der Waals surface area (Å²) < 4.78 is 0. The molecule has 0 spiro atoms. The van der Waals surface area contributed by atoms with E-state index in [9.17, 15) is 0 Å². The van der Waals surface area contributed by atoms with E-state index in [-0.39, 0.29) is 5.41 Å². The molecular weight excluding hydrogens is 831 g/mol. The smallest absolute Gasteiger partial charge is 0.0465 e. The van der Waals surface area contributed by atoms with Gasteiger partial charge in [-0.25, -0.2) is 0 Å². The first-order chi connectivity index (χ1) is 34.1. The van der Waals surface area contributed by atoms with Crippen molar-refractivity contribution in [1.29, 1.82) is 0 Å². The molecule has 6 aliphatic rings. The molecule has 1 atom stereocenters. The summed E-state index contributed by atoms with van der Waals surface area (Å²) in [5, 5.41) is 0. The fourth-order valence-electron chi connectivity index (χ4n) is 15.3. The third-order valence-corrected chi connectivity index (χ3v) is 19.2. The summed E-state index contributed by atoms with van der Waals surface area (Å²) in [7, 11) is 0. The molecule has 0 aromatic heterocycles. The van der Waals surface area contributed by atoms with Gasteiger partial charge in [0.05, 0.1) is 0 Å². The molecule has 1 unspecified atom stereocenters. The maximum absolute atomic E-state index is 2.73. The molecule has 0 amide bonds. The Bertz CT molecular complexity index is 2630. The number of benzene rings is 6. The van der Waals surface area contributed by atoms with E-state index < -0.39 is 0 Å². The highest BCUT2D eigenvalue weighted by Gasteiger charge is 2.41. The zero-order chi connectivity index (χ0) is 46.2. The highest BCUT2D eigenvalue weighted by atomic mass is 15.1. The van der Waals surface area contributed by atoms with Crippen molar-refractivity contribution in [3.05, 3.63) is 172 Å². The minimum Gasteiger partial charge on any atom is -0.310 e. The largest absolute Gasteiger partial charge is 0.310 e. The van der Waals surface area contributed by atoms with Crippen molar-refractivity contribution >= 4 is 17.1 Å². The van der Waals surface area contributed by atoms with Crippen LogP contribution in [0.3, 0.4) is 0 Å². The molecule has 356 valence electrons. The molecule has 6 aliphatic carbocycles. The topological polar surface area (TPSA) is 3.24 Å². The van der Waals surface area contributed by atoms with E-state index in [4.69, 9.17) is 0 Å². The molecule has 1 heteroatoms. The molecule has 0 heterocycles. The van der Waals surface area contributed by atoms with Crippen molar-refractivity contribution in [2.45, 2.75) is 202 Å². The molecule has 1 nitrogen and oxygen atoms in total. The number of rotatable bonds is 10. The van der Waals surface area contributed by atoms with Crippen LogP contribution >= 0.6 is 0 Å². The lowest BCUT2D eigenvalue weighted by molar-refractivity contribution is 0.404. The number of hydrogen-bond acceptors (Lipinski definition) is 1. The summed E-state index contributed by atoms with van der Waals surface area (Å²) in [4.78, 5) is 2.57. The molecule has 0 aliphatic heterocycles. The Morgan fingerprint density at radius 2 is 0.768 bits per heavy atom. The van der Waals surface area contributed by atoms with E-state index in [0.717, 1.165) is 17.8 Å². The summed E-state index contributed by atoms with van der Waals surface area (Å²) in [6, 6.07) is 51.6. The predicted octanol–water partition coefficient (Wildman–Crippen LogP) is 20.4. The molecule has 0 saturated heterocycles. The van der Waals surface area contributed by atoms with Crippen LogP contribution in [0.15, 0.2) is 127 Å². The summed E-state index contributed by atoms with van der Waals surface area (Å²) in [6.45, 7) is 2.50. The van der Waals surface area contributed by atoms with Crippen LogP contribution in [0.4, 0.5) is 17.1 Å². The van der Waals surface area contributed by atoms with Crippen LogP contribution < -0.4 is 4.90 Å². The molecule has 6 aromatic carbocycles. The third kappa shape index (κ3) is 8.86. The average Bonchev–Trinajstić information content (AvgIpc) is 3.69. The molecule has 5 fully saturated rings. The predicted molar refractivity (Wildman–Crippen MR) is 293 cm³/mol. The number of hydrogen-bond donors (Lipinski definition) is 0. The van der Waals surface area contributed by atoms with Crippen LogP contribution in [0.2, 0.25) is 0 Å². The van der Waals surface area contributed by atoms with Gasteiger partial charge in [-0.2, -0.15) is 0 Å². The van der Waals surface area contributed by atoms with Crippen molar-refractivity contribution in [2.24, 2.45) is 0 Å². The molecule has 6 aromatic rings. The Morgan fingerprint density at radius 1 is 0.348 bits per heavy atom. The second-order valence-corrected chi connectivity index (χ2v) is 23.2. The van der Waals surface area contributed by atoms with Gasteiger partial charge in [-0.1, -0.05) is 187 Å².